The minimum atomic E-state index is -0.797. The lowest BCUT2D eigenvalue weighted by atomic mass is 10.1. The molecule has 2 heterocycles. The molecule has 3 rings (SSSR count). The standard InChI is InChI=1S/C17H22F2N4/c1-21(2)6-5-14-10-22(11-15-8-20-12-23(14)15)9-13-3-4-16(18)17(19)7-13/h3-4,7-8,12,14H,5-6,9-11H2,1-2H3/t14-/m0/s1. The van der Waals surface area contributed by atoms with Crippen molar-refractivity contribution in [2.45, 2.75) is 25.6 Å². The second-order valence-corrected chi connectivity index (χ2v) is 6.46. The molecule has 0 amide bonds. The van der Waals surface area contributed by atoms with Gasteiger partial charge in [-0.15, -0.1) is 0 Å². The van der Waals surface area contributed by atoms with E-state index in [0.29, 0.717) is 12.6 Å². The van der Waals surface area contributed by atoms with Gasteiger partial charge in [-0.05, 0) is 44.8 Å². The third-order valence-electron chi connectivity index (χ3n) is 4.29. The molecule has 6 heteroatoms. The average molecular weight is 320 g/mol. The van der Waals surface area contributed by atoms with E-state index < -0.39 is 11.6 Å². The van der Waals surface area contributed by atoms with E-state index in [1.54, 1.807) is 6.07 Å². The van der Waals surface area contributed by atoms with Crippen LogP contribution in [0.25, 0.3) is 0 Å². The molecule has 0 spiro atoms. The van der Waals surface area contributed by atoms with E-state index in [0.717, 1.165) is 31.6 Å². The molecule has 1 atom stereocenters. The largest absolute Gasteiger partial charge is 0.329 e. The molecule has 23 heavy (non-hydrogen) atoms. The summed E-state index contributed by atoms with van der Waals surface area (Å²) >= 11 is 0. The van der Waals surface area contributed by atoms with Crippen molar-refractivity contribution in [2.24, 2.45) is 0 Å². The number of hydrogen-bond acceptors (Lipinski definition) is 3. The molecule has 0 fully saturated rings. The number of rotatable bonds is 5. The summed E-state index contributed by atoms with van der Waals surface area (Å²) < 4.78 is 28.7. The van der Waals surface area contributed by atoms with E-state index in [-0.39, 0.29) is 0 Å². The number of hydrogen-bond donors (Lipinski definition) is 0. The summed E-state index contributed by atoms with van der Waals surface area (Å²) in [5.41, 5.74) is 1.96. The van der Waals surface area contributed by atoms with E-state index in [1.807, 2.05) is 12.5 Å². The van der Waals surface area contributed by atoms with Crippen LogP contribution in [0.1, 0.15) is 23.7 Å². The van der Waals surface area contributed by atoms with Crippen LogP contribution in [0, 0.1) is 11.6 Å². The van der Waals surface area contributed by atoms with Crippen LogP contribution in [0.2, 0.25) is 0 Å². The molecule has 1 aliphatic rings. The minimum Gasteiger partial charge on any atom is -0.329 e. The Morgan fingerprint density at radius 3 is 2.83 bits per heavy atom. The zero-order valence-corrected chi connectivity index (χ0v) is 13.5. The van der Waals surface area contributed by atoms with Gasteiger partial charge in [-0.1, -0.05) is 6.07 Å². The zero-order chi connectivity index (χ0) is 16.4. The Kier molecular flexibility index (Phi) is 4.73. The van der Waals surface area contributed by atoms with Crippen LogP contribution in [0.5, 0.6) is 0 Å². The number of fused-ring (bicyclic) bond motifs is 1. The van der Waals surface area contributed by atoms with Gasteiger partial charge in [0.1, 0.15) is 0 Å². The summed E-state index contributed by atoms with van der Waals surface area (Å²) in [7, 11) is 4.13. The van der Waals surface area contributed by atoms with Crippen LogP contribution in [0.3, 0.4) is 0 Å². The maximum Gasteiger partial charge on any atom is 0.159 e. The molecule has 0 bridgehead atoms. The summed E-state index contributed by atoms with van der Waals surface area (Å²) in [5.74, 6) is -1.58. The van der Waals surface area contributed by atoms with Crippen molar-refractivity contribution in [2.75, 3.05) is 27.2 Å². The van der Waals surface area contributed by atoms with E-state index in [2.05, 4.69) is 33.4 Å². The van der Waals surface area contributed by atoms with Crippen molar-refractivity contribution < 1.29 is 8.78 Å². The van der Waals surface area contributed by atoms with Gasteiger partial charge in [-0.2, -0.15) is 0 Å². The lowest BCUT2D eigenvalue weighted by Gasteiger charge is -2.35. The fourth-order valence-corrected chi connectivity index (χ4v) is 3.12. The molecule has 0 saturated heterocycles. The Morgan fingerprint density at radius 1 is 1.26 bits per heavy atom. The maximum absolute atomic E-state index is 13.4. The SMILES string of the molecule is CN(C)CC[C@H]1CN(Cc2ccc(F)c(F)c2)Cc2cncn21. The van der Waals surface area contributed by atoms with Gasteiger partial charge in [-0.25, -0.2) is 13.8 Å². The molecule has 1 aromatic heterocycles. The lowest BCUT2D eigenvalue weighted by molar-refractivity contribution is 0.165. The summed E-state index contributed by atoms with van der Waals surface area (Å²) in [6, 6.07) is 4.49. The first-order chi connectivity index (χ1) is 11.0. The van der Waals surface area contributed by atoms with Crippen molar-refractivity contribution >= 4 is 0 Å². The Hall–Kier alpha value is -1.79. The van der Waals surface area contributed by atoms with Crippen LogP contribution in [0.4, 0.5) is 8.78 Å². The highest BCUT2D eigenvalue weighted by molar-refractivity contribution is 5.18. The van der Waals surface area contributed by atoms with Crippen molar-refractivity contribution in [1.29, 1.82) is 0 Å². The number of halogens is 2. The molecule has 0 saturated carbocycles. The van der Waals surface area contributed by atoms with Gasteiger partial charge in [0, 0.05) is 31.9 Å². The fourth-order valence-electron chi connectivity index (χ4n) is 3.12. The maximum atomic E-state index is 13.4. The monoisotopic (exact) mass is 320 g/mol. The Labute approximate surface area is 135 Å². The predicted molar refractivity (Wildman–Crippen MR) is 84.9 cm³/mol. The first-order valence-electron chi connectivity index (χ1n) is 7.84. The molecule has 0 N–H and O–H groups in total. The highest BCUT2D eigenvalue weighted by Crippen LogP contribution is 2.25. The summed E-state index contributed by atoms with van der Waals surface area (Å²) in [4.78, 5) is 8.70. The topological polar surface area (TPSA) is 24.3 Å². The molecule has 0 unspecified atom stereocenters. The Bertz CT molecular complexity index is 668. The summed E-state index contributed by atoms with van der Waals surface area (Å²) in [6.07, 6.45) is 4.81. The Balaban J connectivity index is 1.72. The van der Waals surface area contributed by atoms with Crippen molar-refractivity contribution in [3.63, 3.8) is 0 Å². The third kappa shape index (κ3) is 3.76. The third-order valence-corrected chi connectivity index (χ3v) is 4.29. The van der Waals surface area contributed by atoms with Crippen LogP contribution in [-0.2, 0) is 13.1 Å². The van der Waals surface area contributed by atoms with Crippen LogP contribution >= 0.6 is 0 Å². The van der Waals surface area contributed by atoms with Gasteiger partial charge in [0.05, 0.1) is 12.0 Å². The molecular weight excluding hydrogens is 298 g/mol. The second kappa shape index (κ2) is 6.76. The average Bonchev–Trinajstić information content (AvgIpc) is 2.97. The van der Waals surface area contributed by atoms with Gasteiger partial charge in [0.25, 0.3) is 0 Å². The second-order valence-electron chi connectivity index (χ2n) is 6.46. The fraction of sp³-hybridized carbons (Fsp3) is 0.471. The summed E-state index contributed by atoms with van der Waals surface area (Å²) in [6.45, 7) is 3.27. The normalized spacial score (nSPS) is 18.4. The number of imidazole rings is 1. The number of nitrogens with zero attached hydrogens (tertiary/aromatic N) is 4. The minimum absolute atomic E-state index is 0.356. The first-order valence-corrected chi connectivity index (χ1v) is 7.84. The predicted octanol–water partition coefficient (Wildman–Crippen LogP) is 2.67. The highest BCUT2D eigenvalue weighted by atomic mass is 19.2. The van der Waals surface area contributed by atoms with Crippen molar-refractivity contribution in [1.82, 2.24) is 19.4 Å². The highest BCUT2D eigenvalue weighted by Gasteiger charge is 2.25. The first kappa shape index (κ1) is 16.1. The van der Waals surface area contributed by atoms with E-state index >= 15 is 0 Å². The van der Waals surface area contributed by atoms with E-state index in [4.69, 9.17) is 0 Å². The molecule has 2 aromatic rings. The van der Waals surface area contributed by atoms with Gasteiger partial charge >= 0.3 is 0 Å². The quantitative estimate of drug-likeness (QED) is 0.846. The Morgan fingerprint density at radius 2 is 2.09 bits per heavy atom. The van der Waals surface area contributed by atoms with Gasteiger partial charge in [0.2, 0.25) is 0 Å². The molecule has 4 nitrogen and oxygen atoms in total. The lowest BCUT2D eigenvalue weighted by Crippen LogP contribution is -2.37. The van der Waals surface area contributed by atoms with Crippen molar-refractivity contribution in [3.05, 3.63) is 53.6 Å². The van der Waals surface area contributed by atoms with E-state index in [1.165, 1.54) is 17.8 Å². The van der Waals surface area contributed by atoms with Crippen LogP contribution in [0.15, 0.2) is 30.7 Å². The number of aromatic nitrogens is 2. The van der Waals surface area contributed by atoms with Crippen molar-refractivity contribution in [3.8, 4) is 0 Å². The number of benzene rings is 1. The molecule has 124 valence electrons. The van der Waals surface area contributed by atoms with Gasteiger partial charge in [0.15, 0.2) is 11.6 Å². The summed E-state index contributed by atoms with van der Waals surface area (Å²) in [5, 5.41) is 0. The molecule has 1 aliphatic heterocycles. The smallest absolute Gasteiger partial charge is 0.159 e. The van der Waals surface area contributed by atoms with Crippen LogP contribution < -0.4 is 0 Å². The van der Waals surface area contributed by atoms with E-state index in [9.17, 15) is 8.78 Å². The zero-order valence-electron chi connectivity index (χ0n) is 13.5. The van der Waals surface area contributed by atoms with Gasteiger partial charge < -0.3 is 9.47 Å². The molecule has 0 aliphatic carbocycles. The van der Waals surface area contributed by atoms with Gasteiger partial charge in [-0.3, -0.25) is 4.90 Å². The molecule has 0 radical (unpaired) electrons. The van der Waals surface area contributed by atoms with Crippen LogP contribution in [-0.4, -0.2) is 46.5 Å². The molecular formula is C17H22F2N4. The molecule has 1 aromatic carbocycles.